The van der Waals surface area contributed by atoms with Crippen molar-refractivity contribution in [2.75, 3.05) is 32.1 Å². The molecule has 0 aliphatic heterocycles. The third kappa shape index (κ3) is 8.03. The Morgan fingerprint density at radius 3 is 2.50 bits per heavy atom. The number of pyridine rings is 1. The van der Waals surface area contributed by atoms with Crippen molar-refractivity contribution in [1.29, 1.82) is 0 Å². The van der Waals surface area contributed by atoms with E-state index in [1.807, 2.05) is 37.2 Å². The second kappa shape index (κ2) is 12.5. The Labute approximate surface area is 174 Å². The summed E-state index contributed by atoms with van der Waals surface area (Å²) in [4.78, 5) is 11.2. The number of hydrogen-bond donors (Lipinski definition) is 2. The molecule has 1 aromatic carbocycles. The average molecular weight is 467 g/mol. The van der Waals surface area contributed by atoms with E-state index in [0.29, 0.717) is 6.54 Å². The molecule has 2 N–H and O–H groups in total. The molecule has 0 saturated carbocycles. The van der Waals surface area contributed by atoms with E-state index in [-0.39, 0.29) is 24.0 Å². The largest absolute Gasteiger partial charge is 0.363 e. The van der Waals surface area contributed by atoms with Crippen LogP contribution in [0.4, 0.5) is 5.82 Å². The first kappa shape index (κ1) is 22.2. The van der Waals surface area contributed by atoms with Gasteiger partial charge in [0.2, 0.25) is 0 Å². The number of rotatable bonds is 8. The van der Waals surface area contributed by atoms with Gasteiger partial charge in [0.1, 0.15) is 5.82 Å². The lowest BCUT2D eigenvalue weighted by Crippen LogP contribution is -2.37. The molecule has 5 nitrogen and oxygen atoms in total. The van der Waals surface area contributed by atoms with Crippen LogP contribution in [0.1, 0.15) is 24.6 Å². The topological polar surface area (TPSA) is 52.6 Å². The summed E-state index contributed by atoms with van der Waals surface area (Å²) in [6.07, 6.45) is 2.14. The van der Waals surface area contributed by atoms with Gasteiger partial charge in [0.05, 0.1) is 12.2 Å². The minimum Gasteiger partial charge on any atom is -0.363 e. The zero-order chi connectivity index (χ0) is 17.9. The van der Waals surface area contributed by atoms with Gasteiger partial charge in [-0.05, 0) is 37.5 Å². The number of guanidine groups is 1. The predicted molar refractivity (Wildman–Crippen MR) is 122 cm³/mol. The lowest BCUT2D eigenvalue weighted by atomic mass is 10.1. The summed E-state index contributed by atoms with van der Waals surface area (Å²) in [7, 11) is 3.99. The molecule has 0 radical (unpaired) electrons. The van der Waals surface area contributed by atoms with E-state index in [9.17, 15) is 0 Å². The molecular formula is C20H30IN5. The second-order valence-corrected chi connectivity index (χ2v) is 6.09. The maximum Gasteiger partial charge on any atom is 0.191 e. The van der Waals surface area contributed by atoms with Crippen LogP contribution in [0.2, 0.25) is 0 Å². The molecule has 6 heteroatoms. The molecule has 0 aliphatic rings. The molecular weight excluding hydrogens is 437 g/mol. The fourth-order valence-corrected chi connectivity index (χ4v) is 2.45. The van der Waals surface area contributed by atoms with Crippen LogP contribution in [0.25, 0.3) is 0 Å². The summed E-state index contributed by atoms with van der Waals surface area (Å²) < 4.78 is 0. The molecule has 2 rings (SSSR count). The lowest BCUT2D eigenvalue weighted by molar-refractivity contribution is 0.742. The minimum atomic E-state index is 0. The van der Waals surface area contributed by atoms with Crippen LogP contribution in [0.5, 0.6) is 0 Å². The van der Waals surface area contributed by atoms with E-state index in [0.717, 1.165) is 43.4 Å². The molecule has 26 heavy (non-hydrogen) atoms. The molecule has 2 aromatic rings. The fraction of sp³-hybridized carbons (Fsp3) is 0.400. The average Bonchev–Trinajstić information content (AvgIpc) is 2.64. The van der Waals surface area contributed by atoms with Crippen LogP contribution in [-0.2, 0) is 13.0 Å². The van der Waals surface area contributed by atoms with Crippen LogP contribution in [0, 0.1) is 0 Å². The Balaban J connectivity index is 0.00000338. The number of nitrogens with zero attached hydrogens (tertiary/aromatic N) is 3. The minimum absolute atomic E-state index is 0. The standard InChI is InChI=1S/C20H29N5.HI/c1-4-21-20(22-15-9-12-17-10-6-5-7-11-17)23-16-18-13-8-14-19(24-18)25(2)3;/h5-8,10-11,13-14H,4,9,12,15-16H2,1-3H3,(H2,21,22,23);1H. The highest BCUT2D eigenvalue weighted by atomic mass is 127. The number of halogens is 1. The quantitative estimate of drug-likeness (QED) is 0.270. The predicted octanol–water partition coefficient (Wildman–Crippen LogP) is 3.45. The number of nitrogens with one attached hydrogen (secondary N) is 2. The molecule has 0 saturated heterocycles. The molecule has 142 valence electrons. The van der Waals surface area contributed by atoms with Gasteiger partial charge in [-0.15, -0.1) is 24.0 Å². The number of aliphatic imine (C=N–C) groups is 1. The molecule has 0 aliphatic carbocycles. The van der Waals surface area contributed by atoms with Crippen molar-refractivity contribution < 1.29 is 0 Å². The molecule has 0 spiro atoms. The van der Waals surface area contributed by atoms with Crippen molar-refractivity contribution in [2.45, 2.75) is 26.3 Å². The molecule has 0 atom stereocenters. The third-order valence-corrected chi connectivity index (χ3v) is 3.77. The Bertz CT molecular complexity index is 658. The third-order valence-electron chi connectivity index (χ3n) is 3.77. The summed E-state index contributed by atoms with van der Waals surface area (Å²) in [6.45, 7) is 4.38. The van der Waals surface area contributed by atoms with E-state index in [4.69, 9.17) is 0 Å². The zero-order valence-electron chi connectivity index (χ0n) is 15.9. The van der Waals surface area contributed by atoms with Gasteiger partial charge in [-0.25, -0.2) is 9.98 Å². The molecule has 1 aromatic heterocycles. The maximum atomic E-state index is 4.64. The van der Waals surface area contributed by atoms with Crippen molar-refractivity contribution in [2.24, 2.45) is 4.99 Å². The maximum absolute atomic E-state index is 4.64. The van der Waals surface area contributed by atoms with E-state index < -0.39 is 0 Å². The van der Waals surface area contributed by atoms with Gasteiger partial charge in [0.25, 0.3) is 0 Å². The number of hydrogen-bond acceptors (Lipinski definition) is 3. The van der Waals surface area contributed by atoms with Gasteiger partial charge in [-0.1, -0.05) is 36.4 Å². The van der Waals surface area contributed by atoms with Gasteiger partial charge in [0.15, 0.2) is 5.96 Å². The number of aryl methyl sites for hydroxylation is 1. The number of aromatic nitrogens is 1. The molecule has 0 fully saturated rings. The highest BCUT2D eigenvalue weighted by molar-refractivity contribution is 14.0. The lowest BCUT2D eigenvalue weighted by Gasteiger charge is -2.13. The Hall–Kier alpha value is -1.83. The summed E-state index contributed by atoms with van der Waals surface area (Å²) in [6, 6.07) is 16.6. The van der Waals surface area contributed by atoms with Crippen LogP contribution >= 0.6 is 24.0 Å². The summed E-state index contributed by atoms with van der Waals surface area (Å²) in [5, 5.41) is 6.69. The van der Waals surface area contributed by atoms with E-state index in [1.165, 1.54) is 5.56 Å². The number of benzene rings is 1. The SMILES string of the molecule is CCNC(=NCc1cccc(N(C)C)n1)NCCCc1ccccc1.I. The monoisotopic (exact) mass is 467 g/mol. The van der Waals surface area contributed by atoms with Crippen molar-refractivity contribution in [3.8, 4) is 0 Å². The molecule has 1 heterocycles. The van der Waals surface area contributed by atoms with E-state index in [2.05, 4.69) is 57.9 Å². The van der Waals surface area contributed by atoms with Gasteiger partial charge in [0, 0.05) is 27.2 Å². The van der Waals surface area contributed by atoms with Crippen LogP contribution in [-0.4, -0.2) is 38.1 Å². The second-order valence-electron chi connectivity index (χ2n) is 6.09. The van der Waals surface area contributed by atoms with E-state index >= 15 is 0 Å². The van der Waals surface area contributed by atoms with Crippen molar-refractivity contribution >= 4 is 35.8 Å². The summed E-state index contributed by atoms with van der Waals surface area (Å²) in [5.41, 5.74) is 2.34. The Kier molecular flexibility index (Phi) is 10.7. The van der Waals surface area contributed by atoms with Crippen molar-refractivity contribution in [1.82, 2.24) is 15.6 Å². The Morgan fingerprint density at radius 1 is 1.04 bits per heavy atom. The molecule has 0 amide bonds. The first-order chi connectivity index (χ1) is 12.2. The highest BCUT2D eigenvalue weighted by Crippen LogP contribution is 2.08. The molecule has 0 bridgehead atoms. The van der Waals surface area contributed by atoms with Gasteiger partial charge >= 0.3 is 0 Å². The van der Waals surface area contributed by atoms with Crippen molar-refractivity contribution in [3.63, 3.8) is 0 Å². The number of anilines is 1. The Morgan fingerprint density at radius 2 is 1.81 bits per heavy atom. The highest BCUT2D eigenvalue weighted by Gasteiger charge is 2.01. The molecule has 0 unspecified atom stereocenters. The van der Waals surface area contributed by atoms with Crippen LogP contribution in [0.3, 0.4) is 0 Å². The van der Waals surface area contributed by atoms with Gasteiger partial charge in [-0.2, -0.15) is 0 Å². The smallest absolute Gasteiger partial charge is 0.191 e. The van der Waals surface area contributed by atoms with Gasteiger partial charge in [-0.3, -0.25) is 0 Å². The normalized spacial score (nSPS) is 10.8. The summed E-state index contributed by atoms with van der Waals surface area (Å²) in [5.74, 6) is 1.79. The zero-order valence-corrected chi connectivity index (χ0v) is 18.2. The van der Waals surface area contributed by atoms with E-state index in [1.54, 1.807) is 0 Å². The van der Waals surface area contributed by atoms with Crippen LogP contribution in [0.15, 0.2) is 53.5 Å². The van der Waals surface area contributed by atoms with Crippen LogP contribution < -0.4 is 15.5 Å². The van der Waals surface area contributed by atoms with Gasteiger partial charge < -0.3 is 15.5 Å². The van der Waals surface area contributed by atoms with Crippen molar-refractivity contribution in [3.05, 3.63) is 59.8 Å². The first-order valence-electron chi connectivity index (χ1n) is 8.88. The fourth-order valence-electron chi connectivity index (χ4n) is 2.45. The summed E-state index contributed by atoms with van der Waals surface area (Å²) >= 11 is 0. The first-order valence-corrected chi connectivity index (χ1v) is 8.88.